The SMILES string of the molecule is CC(C)C(=O)CCN1CCC2(CC1)CC(C(C)C)C2. The minimum Gasteiger partial charge on any atom is -0.303 e. The van der Waals surface area contributed by atoms with E-state index in [4.69, 9.17) is 0 Å². The summed E-state index contributed by atoms with van der Waals surface area (Å²) in [6.07, 6.45) is 6.41. The van der Waals surface area contributed by atoms with Crippen LogP contribution in [-0.2, 0) is 4.79 Å². The molecule has 2 rings (SSSR count). The molecule has 2 fully saturated rings. The molecule has 1 spiro atoms. The largest absolute Gasteiger partial charge is 0.303 e. The number of hydrogen-bond acceptors (Lipinski definition) is 2. The molecule has 0 aromatic heterocycles. The maximum absolute atomic E-state index is 11.7. The van der Waals surface area contributed by atoms with Crippen molar-refractivity contribution in [1.82, 2.24) is 4.90 Å². The highest BCUT2D eigenvalue weighted by molar-refractivity contribution is 5.80. The monoisotopic (exact) mass is 265 g/mol. The Labute approximate surface area is 118 Å². The lowest BCUT2D eigenvalue weighted by Gasteiger charge is -2.53. The average Bonchev–Trinajstić information content (AvgIpc) is 2.33. The van der Waals surface area contributed by atoms with Crippen LogP contribution in [0.1, 0.15) is 59.8 Å². The second-order valence-corrected chi connectivity index (χ2v) is 7.62. The van der Waals surface area contributed by atoms with Crippen molar-refractivity contribution >= 4 is 5.78 Å². The molecule has 1 saturated carbocycles. The fourth-order valence-corrected chi connectivity index (χ4v) is 3.74. The van der Waals surface area contributed by atoms with Crippen molar-refractivity contribution in [3.8, 4) is 0 Å². The van der Waals surface area contributed by atoms with Crippen LogP contribution in [0.2, 0.25) is 0 Å². The maximum atomic E-state index is 11.7. The quantitative estimate of drug-likeness (QED) is 0.754. The van der Waals surface area contributed by atoms with E-state index in [9.17, 15) is 4.79 Å². The maximum Gasteiger partial charge on any atom is 0.136 e. The van der Waals surface area contributed by atoms with Gasteiger partial charge in [0.15, 0.2) is 0 Å². The number of ketones is 1. The molecule has 0 aromatic rings. The molecule has 0 amide bonds. The molecular formula is C17H31NO. The van der Waals surface area contributed by atoms with Crippen LogP contribution in [0, 0.1) is 23.2 Å². The van der Waals surface area contributed by atoms with E-state index in [1.54, 1.807) is 0 Å². The summed E-state index contributed by atoms with van der Waals surface area (Å²) in [4.78, 5) is 14.2. The molecule has 1 heterocycles. The molecule has 2 heteroatoms. The van der Waals surface area contributed by atoms with Gasteiger partial charge in [0.2, 0.25) is 0 Å². The zero-order valence-electron chi connectivity index (χ0n) is 13.2. The first-order valence-corrected chi connectivity index (χ1v) is 8.17. The summed E-state index contributed by atoms with van der Waals surface area (Å²) in [5.74, 6) is 2.47. The Balaban J connectivity index is 1.68. The van der Waals surface area contributed by atoms with Gasteiger partial charge in [0.05, 0.1) is 0 Å². The number of carbonyl (C=O) groups excluding carboxylic acids is 1. The zero-order chi connectivity index (χ0) is 14.0. The molecule has 19 heavy (non-hydrogen) atoms. The number of nitrogens with zero attached hydrogens (tertiary/aromatic N) is 1. The molecule has 0 aromatic carbocycles. The number of piperidine rings is 1. The Morgan fingerprint density at radius 1 is 1.16 bits per heavy atom. The molecule has 0 N–H and O–H groups in total. The Morgan fingerprint density at radius 3 is 2.21 bits per heavy atom. The van der Waals surface area contributed by atoms with E-state index in [0.717, 1.165) is 24.8 Å². The highest BCUT2D eigenvalue weighted by atomic mass is 16.1. The Morgan fingerprint density at radius 2 is 1.74 bits per heavy atom. The predicted molar refractivity (Wildman–Crippen MR) is 80.1 cm³/mol. The third-order valence-corrected chi connectivity index (χ3v) is 5.57. The summed E-state index contributed by atoms with van der Waals surface area (Å²) < 4.78 is 0. The van der Waals surface area contributed by atoms with E-state index >= 15 is 0 Å². The number of Topliss-reactive ketones (excluding diaryl/α,β-unsaturated/α-hetero) is 1. The molecule has 1 saturated heterocycles. The molecule has 2 nitrogen and oxygen atoms in total. The molecule has 0 radical (unpaired) electrons. The zero-order valence-corrected chi connectivity index (χ0v) is 13.2. The van der Waals surface area contributed by atoms with E-state index in [-0.39, 0.29) is 5.92 Å². The van der Waals surface area contributed by atoms with Gasteiger partial charge < -0.3 is 4.90 Å². The Bertz CT molecular complexity index is 305. The highest BCUT2D eigenvalue weighted by Crippen LogP contribution is 2.54. The fourth-order valence-electron chi connectivity index (χ4n) is 3.74. The van der Waals surface area contributed by atoms with E-state index in [2.05, 4.69) is 18.7 Å². The van der Waals surface area contributed by atoms with Crippen molar-refractivity contribution in [2.75, 3.05) is 19.6 Å². The van der Waals surface area contributed by atoms with Crippen molar-refractivity contribution in [3.63, 3.8) is 0 Å². The minimum absolute atomic E-state index is 0.203. The van der Waals surface area contributed by atoms with E-state index in [0.29, 0.717) is 11.2 Å². The third kappa shape index (κ3) is 3.59. The summed E-state index contributed by atoms with van der Waals surface area (Å²) in [6.45, 7) is 12.2. The van der Waals surface area contributed by atoms with E-state index < -0.39 is 0 Å². The first-order chi connectivity index (χ1) is 8.92. The van der Waals surface area contributed by atoms with Crippen LogP contribution in [0.4, 0.5) is 0 Å². The van der Waals surface area contributed by atoms with Gasteiger partial charge in [-0.15, -0.1) is 0 Å². The van der Waals surface area contributed by atoms with Gasteiger partial charge in [0.25, 0.3) is 0 Å². The van der Waals surface area contributed by atoms with Gasteiger partial charge in [-0.3, -0.25) is 4.79 Å². The standard InChI is InChI=1S/C17H31NO/c1-13(2)15-11-17(12-15)6-9-18(10-7-17)8-5-16(19)14(3)4/h13-15H,5-12H2,1-4H3. The Hall–Kier alpha value is -0.370. The smallest absolute Gasteiger partial charge is 0.136 e. The molecule has 0 atom stereocenters. The van der Waals surface area contributed by atoms with Gasteiger partial charge in [0.1, 0.15) is 5.78 Å². The molecule has 0 unspecified atom stereocenters. The Kier molecular flexibility index (Phi) is 4.70. The van der Waals surface area contributed by atoms with Crippen molar-refractivity contribution in [2.24, 2.45) is 23.2 Å². The van der Waals surface area contributed by atoms with Crippen molar-refractivity contribution in [1.29, 1.82) is 0 Å². The summed E-state index contributed by atoms with van der Waals surface area (Å²) in [7, 11) is 0. The van der Waals surface area contributed by atoms with Gasteiger partial charge in [-0.25, -0.2) is 0 Å². The summed E-state index contributed by atoms with van der Waals surface area (Å²) in [5, 5.41) is 0. The number of rotatable bonds is 5. The first kappa shape index (κ1) is 15.0. The van der Waals surface area contributed by atoms with E-state index in [1.807, 2.05) is 13.8 Å². The fraction of sp³-hybridized carbons (Fsp3) is 0.941. The van der Waals surface area contributed by atoms with Gasteiger partial charge in [-0.2, -0.15) is 0 Å². The number of carbonyl (C=O) groups is 1. The molecule has 1 aliphatic heterocycles. The molecule has 0 bridgehead atoms. The number of likely N-dealkylation sites (tertiary alicyclic amines) is 1. The average molecular weight is 265 g/mol. The van der Waals surface area contributed by atoms with Crippen molar-refractivity contribution in [3.05, 3.63) is 0 Å². The van der Waals surface area contributed by atoms with Crippen LogP contribution >= 0.6 is 0 Å². The summed E-state index contributed by atoms with van der Waals surface area (Å²) >= 11 is 0. The van der Waals surface area contributed by atoms with Crippen molar-refractivity contribution < 1.29 is 4.79 Å². The van der Waals surface area contributed by atoms with Crippen LogP contribution in [0.3, 0.4) is 0 Å². The second kappa shape index (κ2) is 5.95. The first-order valence-electron chi connectivity index (χ1n) is 8.17. The van der Waals surface area contributed by atoms with Gasteiger partial charge in [-0.1, -0.05) is 27.7 Å². The lowest BCUT2D eigenvalue weighted by Crippen LogP contribution is -2.48. The predicted octanol–water partition coefficient (Wildman–Crippen LogP) is 3.75. The van der Waals surface area contributed by atoms with Crippen LogP contribution in [0.25, 0.3) is 0 Å². The van der Waals surface area contributed by atoms with E-state index in [1.165, 1.54) is 38.8 Å². The van der Waals surface area contributed by atoms with Crippen LogP contribution in [0.5, 0.6) is 0 Å². The normalized spacial score (nSPS) is 24.1. The minimum atomic E-state index is 0.203. The molecule has 110 valence electrons. The van der Waals surface area contributed by atoms with Crippen LogP contribution in [0.15, 0.2) is 0 Å². The van der Waals surface area contributed by atoms with Gasteiger partial charge in [0, 0.05) is 18.9 Å². The highest BCUT2D eigenvalue weighted by Gasteiger charge is 2.46. The van der Waals surface area contributed by atoms with Crippen molar-refractivity contribution in [2.45, 2.75) is 59.8 Å². The summed E-state index contributed by atoms with van der Waals surface area (Å²) in [6, 6.07) is 0. The number of hydrogen-bond donors (Lipinski definition) is 0. The lowest BCUT2D eigenvalue weighted by molar-refractivity contribution is -0.122. The molecule has 1 aliphatic carbocycles. The second-order valence-electron chi connectivity index (χ2n) is 7.62. The van der Waals surface area contributed by atoms with Crippen LogP contribution in [-0.4, -0.2) is 30.3 Å². The molecule has 2 aliphatic rings. The third-order valence-electron chi connectivity index (χ3n) is 5.57. The summed E-state index contributed by atoms with van der Waals surface area (Å²) in [5.41, 5.74) is 0.688. The van der Waals surface area contributed by atoms with Gasteiger partial charge in [-0.05, 0) is 56.0 Å². The van der Waals surface area contributed by atoms with Crippen LogP contribution < -0.4 is 0 Å². The topological polar surface area (TPSA) is 20.3 Å². The van der Waals surface area contributed by atoms with Gasteiger partial charge >= 0.3 is 0 Å². The lowest BCUT2D eigenvalue weighted by atomic mass is 9.55. The molecular weight excluding hydrogens is 234 g/mol.